The molecule has 0 aliphatic rings. The number of carbonyl (C=O) groups excluding carboxylic acids is 2. The molecule has 1 aromatic rings. The molecule has 0 saturated heterocycles. The standard InChI is InChI=1S/C24H37NO3/c1-17(2)13-19(5)20(6)28-23(15-21-11-9-8-10-12-21)24(27)25(7)22(16-26)14-18(3)4/h8-12,16-19,22-23H,6,13-15H2,1-5,7H3/t19-,22-,23+/m0/s1. The number of allylic oxidation sites excluding steroid dienone is 1. The van der Waals surface area contributed by atoms with E-state index in [0.717, 1.165) is 18.3 Å². The van der Waals surface area contributed by atoms with Gasteiger partial charge in [0.1, 0.15) is 6.29 Å². The lowest BCUT2D eigenvalue weighted by molar-refractivity contribution is -0.144. The Morgan fingerprint density at radius 1 is 1.07 bits per heavy atom. The Hall–Kier alpha value is -2.10. The second kappa shape index (κ2) is 11.7. The van der Waals surface area contributed by atoms with Gasteiger partial charge >= 0.3 is 0 Å². The van der Waals surface area contributed by atoms with Crippen LogP contribution in [0.25, 0.3) is 0 Å². The highest BCUT2D eigenvalue weighted by atomic mass is 16.5. The number of ether oxygens (including phenoxy) is 1. The van der Waals surface area contributed by atoms with Gasteiger partial charge in [0, 0.05) is 19.4 Å². The first-order valence-electron chi connectivity index (χ1n) is 10.3. The van der Waals surface area contributed by atoms with Crippen LogP contribution in [-0.4, -0.2) is 36.3 Å². The molecule has 0 saturated carbocycles. The third-order valence-electron chi connectivity index (χ3n) is 4.92. The van der Waals surface area contributed by atoms with E-state index in [9.17, 15) is 9.59 Å². The normalized spacial score (nSPS) is 14.4. The summed E-state index contributed by atoms with van der Waals surface area (Å²) in [6.45, 7) is 14.6. The van der Waals surface area contributed by atoms with E-state index >= 15 is 0 Å². The van der Waals surface area contributed by atoms with Crippen LogP contribution in [0.15, 0.2) is 42.7 Å². The Labute approximate surface area is 171 Å². The molecular formula is C24H37NO3. The molecule has 0 N–H and O–H groups in total. The van der Waals surface area contributed by atoms with Crippen LogP contribution in [0.3, 0.4) is 0 Å². The fourth-order valence-electron chi connectivity index (χ4n) is 3.32. The summed E-state index contributed by atoms with van der Waals surface area (Å²) in [4.78, 5) is 26.3. The van der Waals surface area contributed by atoms with Gasteiger partial charge in [-0.05, 0) is 30.2 Å². The molecule has 1 amide bonds. The summed E-state index contributed by atoms with van der Waals surface area (Å²) < 4.78 is 6.10. The van der Waals surface area contributed by atoms with Crippen molar-refractivity contribution >= 4 is 12.2 Å². The van der Waals surface area contributed by atoms with Gasteiger partial charge in [-0.3, -0.25) is 4.79 Å². The van der Waals surface area contributed by atoms with E-state index in [0.29, 0.717) is 30.4 Å². The number of likely N-dealkylation sites (N-methyl/N-ethyl adjacent to an activating group) is 1. The summed E-state index contributed by atoms with van der Waals surface area (Å²) in [5.41, 5.74) is 1.02. The average Bonchev–Trinajstić information content (AvgIpc) is 2.64. The Balaban J connectivity index is 2.99. The molecule has 0 heterocycles. The number of nitrogens with zero attached hydrogens (tertiary/aromatic N) is 1. The van der Waals surface area contributed by atoms with Crippen molar-refractivity contribution in [3.8, 4) is 0 Å². The van der Waals surface area contributed by atoms with Crippen LogP contribution in [0.4, 0.5) is 0 Å². The first kappa shape index (κ1) is 23.9. The van der Waals surface area contributed by atoms with Gasteiger partial charge in [0.05, 0.1) is 11.8 Å². The van der Waals surface area contributed by atoms with E-state index in [1.54, 1.807) is 7.05 Å². The number of aldehydes is 1. The van der Waals surface area contributed by atoms with Crippen LogP contribution >= 0.6 is 0 Å². The predicted octanol–water partition coefficient (Wildman–Crippen LogP) is 4.88. The van der Waals surface area contributed by atoms with Crippen molar-refractivity contribution in [3.05, 3.63) is 48.2 Å². The first-order valence-corrected chi connectivity index (χ1v) is 10.3. The van der Waals surface area contributed by atoms with Crippen LogP contribution in [0.1, 0.15) is 53.0 Å². The summed E-state index contributed by atoms with van der Waals surface area (Å²) >= 11 is 0. The van der Waals surface area contributed by atoms with Crippen molar-refractivity contribution in [2.45, 2.75) is 66.0 Å². The summed E-state index contributed by atoms with van der Waals surface area (Å²) in [6.07, 6.45) is 2.20. The molecule has 4 nitrogen and oxygen atoms in total. The van der Waals surface area contributed by atoms with Crippen LogP contribution in [0.5, 0.6) is 0 Å². The quantitative estimate of drug-likeness (QED) is 0.379. The number of rotatable bonds is 12. The highest BCUT2D eigenvalue weighted by molar-refractivity contribution is 5.84. The van der Waals surface area contributed by atoms with Gasteiger partial charge in [-0.25, -0.2) is 0 Å². The van der Waals surface area contributed by atoms with Crippen LogP contribution in [0.2, 0.25) is 0 Å². The third-order valence-corrected chi connectivity index (χ3v) is 4.92. The van der Waals surface area contributed by atoms with Crippen molar-refractivity contribution in [1.82, 2.24) is 4.90 Å². The molecule has 156 valence electrons. The molecule has 0 aliphatic carbocycles. The number of hydrogen-bond donors (Lipinski definition) is 0. The van der Waals surface area contributed by atoms with E-state index in [1.807, 2.05) is 44.2 Å². The van der Waals surface area contributed by atoms with E-state index in [-0.39, 0.29) is 11.8 Å². The smallest absolute Gasteiger partial charge is 0.264 e. The zero-order valence-corrected chi connectivity index (χ0v) is 18.4. The summed E-state index contributed by atoms with van der Waals surface area (Å²) in [6, 6.07) is 9.36. The fourth-order valence-corrected chi connectivity index (χ4v) is 3.32. The minimum absolute atomic E-state index is 0.161. The van der Waals surface area contributed by atoms with Gasteiger partial charge in [-0.2, -0.15) is 0 Å². The number of carbonyl (C=O) groups is 2. The molecule has 0 unspecified atom stereocenters. The molecule has 3 atom stereocenters. The maximum absolute atomic E-state index is 13.2. The second-order valence-corrected chi connectivity index (χ2v) is 8.58. The van der Waals surface area contributed by atoms with Gasteiger partial charge in [0.25, 0.3) is 5.91 Å². The van der Waals surface area contributed by atoms with Crippen molar-refractivity contribution in [3.63, 3.8) is 0 Å². The molecular weight excluding hydrogens is 350 g/mol. The highest BCUT2D eigenvalue weighted by Crippen LogP contribution is 2.23. The van der Waals surface area contributed by atoms with Crippen molar-refractivity contribution in [2.75, 3.05) is 7.05 Å². The average molecular weight is 388 g/mol. The number of amides is 1. The molecule has 28 heavy (non-hydrogen) atoms. The lowest BCUT2D eigenvalue weighted by Crippen LogP contribution is -2.46. The fraction of sp³-hybridized carbons (Fsp3) is 0.583. The molecule has 1 rings (SSSR count). The largest absolute Gasteiger partial charge is 0.485 e. The Morgan fingerprint density at radius 3 is 2.14 bits per heavy atom. The van der Waals surface area contributed by atoms with Crippen LogP contribution in [-0.2, 0) is 20.7 Å². The van der Waals surface area contributed by atoms with E-state index in [4.69, 9.17) is 4.74 Å². The molecule has 0 bridgehead atoms. The van der Waals surface area contributed by atoms with Gasteiger partial charge < -0.3 is 14.4 Å². The molecule has 1 aromatic carbocycles. The van der Waals surface area contributed by atoms with Gasteiger partial charge in [0.2, 0.25) is 0 Å². The van der Waals surface area contributed by atoms with Crippen LogP contribution < -0.4 is 0 Å². The molecule has 0 aliphatic heterocycles. The zero-order chi connectivity index (χ0) is 21.3. The molecule has 4 heteroatoms. The first-order chi connectivity index (χ1) is 13.1. The van der Waals surface area contributed by atoms with Gasteiger partial charge in [-0.1, -0.05) is 71.5 Å². The van der Waals surface area contributed by atoms with E-state index < -0.39 is 12.1 Å². The number of hydrogen-bond acceptors (Lipinski definition) is 3. The van der Waals surface area contributed by atoms with Crippen molar-refractivity contribution in [1.29, 1.82) is 0 Å². The Bertz CT molecular complexity index is 624. The maximum Gasteiger partial charge on any atom is 0.264 e. The summed E-state index contributed by atoms with van der Waals surface area (Å²) in [5.74, 6) is 1.45. The van der Waals surface area contributed by atoms with Crippen molar-refractivity contribution in [2.24, 2.45) is 17.8 Å². The highest BCUT2D eigenvalue weighted by Gasteiger charge is 2.30. The maximum atomic E-state index is 13.2. The zero-order valence-electron chi connectivity index (χ0n) is 18.4. The molecule has 0 aromatic heterocycles. The third kappa shape index (κ3) is 7.87. The summed E-state index contributed by atoms with van der Waals surface area (Å²) in [5, 5.41) is 0. The van der Waals surface area contributed by atoms with Crippen LogP contribution in [0, 0.1) is 17.8 Å². The lowest BCUT2D eigenvalue weighted by atomic mass is 9.97. The minimum atomic E-state index is -0.691. The predicted molar refractivity (Wildman–Crippen MR) is 115 cm³/mol. The Kier molecular flexibility index (Phi) is 9.98. The molecule has 0 spiro atoms. The lowest BCUT2D eigenvalue weighted by Gasteiger charge is -2.31. The summed E-state index contributed by atoms with van der Waals surface area (Å²) in [7, 11) is 1.69. The minimum Gasteiger partial charge on any atom is -0.485 e. The van der Waals surface area contributed by atoms with E-state index in [2.05, 4.69) is 27.4 Å². The van der Waals surface area contributed by atoms with Gasteiger partial charge in [0.15, 0.2) is 6.10 Å². The van der Waals surface area contributed by atoms with Gasteiger partial charge in [-0.15, -0.1) is 0 Å². The molecule has 0 fully saturated rings. The molecule has 0 radical (unpaired) electrons. The monoisotopic (exact) mass is 387 g/mol. The topological polar surface area (TPSA) is 46.6 Å². The second-order valence-electron chi connectivity index (χ2n) is 8.58. The van der Waals surface area contributed by atoms with Crippen molar-refractivity contribution < 1.29 is 14.3 Å². The SMILES string of the molecule is C=C(O[C@H](Cc1ccccc1)C(=O)N(C)[C@H](C=O)CC(C)C)[C@@H](C)CC(C)C. The number of benzene rings is 1. The van der Waals surface area contributed by atoms with E-state index in [1.165, 1.54) is 4.90 Å². The Morgan fingerprint density at radius 2 is 1.64 bits per heavy atom.